The fourth-order valence-electron chi connectivity index (χ4n) is 4.32. The maximum Gasteiger partial charge on any atom is -0.0235 e. The van der Waals surface area contributed by atoms with Crippen molar-refractivity contribution in [3.05, 3.63) is 0 Å². The second-order valence-electron chi connectivity index (χ2n) is 4.75. The van der Waals surface area contributed by atoms with Gasteiger partial charge in [-0.1, -0.05) is 0 Å². The Morgan fingerprint density at radius 2 is 1.67 bits per heavy atom. The van der Waals surface area contributed by atoms with Crippen molar-refractivity contribution in [2.75, 3.05) is 0 Å². The van der Waals surface area contributed by atoms with E-state index in [4.69, 9.17) is 0 Å². The second-order valence-corrected chi connectivity index (χ2v) is 4.75. The van der Waals surface area contributed by atoms with Crippen molar-refractivity contribution in [3.8, 4) is 0 Å². The summed E-state index contributed by atoms with van der Waals surface area (Å²) < 4.78 is 0. The molecule has 5 aliphatic rings. The summed E-state index contributed by atoms with van der Waals surface area (Å²) in [5, 5.41) is 0. The number of rotatable bonds is 0. The van der Waals surface area contributed by atoms with Crippen molar-refractivity contribution in [2.45, 2.75) is 25.7 Å². The molecule has 48 valence electrons. The zero-order valence-electron chi connectivity index (χ0n) is 5.64. The van der Waals surface area contributed by atoms with E-state index in [1.807, 2.05) is 0 Å². The molecule has 0 N–H and O–H groups in total. The van der Waals surface area contributed by atoms with Crippen LogP contribution in [-0.4, -0.2) is 0 Å². The van der Waals surface area contributed by atoms with Crippen LogP contribution in [0.3, 0.4) is 0 Å². The van der Waals surface area contributed by atoms with Gasteiger partial charge in [0, 0.05) is 0 Å². The van der Waals surface area contributed by atoms with E-state index < -0.39 is 0 Å². The first-order valence-electron chi connectivity index (χ1n) is 4.42. The Kier molecular flexibility index (Phi) is 0.360. The van der Waals surface area contributed by atoms with Crippen LogP contribution in [0.5, 0.6) is 0 Å². The van der Waals surface area contributed by atoms with Gasteiger partial charge in [-0.15, -0.1) is 0 Å². The van der Waals surface area contributed by atoms with E-state index in [1.165, 1.54) is 23.7 Å². The molecule has 5 fully saturated rings. The topological polar surface area (TPSA) is 0 Å². The van der Waals surface area contributed by atoms with Crippen LogP contribution in [0.25, 0.3) is 0 Å². The van der Waals surface area contributed by atoms with Gasteiger partial charge in [-0.3, -0.25) is 0 Å². The van der Waals surface area contributed by atoms with Gasteiger partial charge in [0.05, 0.1) is 0 Å². The summed E-state index contributed by atoms with van der Waals surface area (Å²) in [6.45, 7) is 0. The lowest BCUT2D eigenvalue weighted by molar-refractivity contribution is 0.388. The van der Waals surface area contributed by atoms with E-state index in [2.05, 4.69) is 0 Å². The van der Waals surface area contributed by atoms with E-state index in [9.17, 15) is 0 Å². The third-order valence-electron chi connectivity index (χ3n) is 4.75. The van der Waals surface area contributed by atoms with Crippen LogP contribution in [-0.2, 0) is 0 Å². The molecule has 0 aromatic rings. The molecule has 2 unspecified atom stereocenters. The zero-order valence-corrected chi connectivity index (χ0v) is 5.64. The van der Waals surface area contributed by atoms with Crippen molar-refractivity contribution < 1.29 is 0 Å². The highest BCUT2D eigenvalue weighted by Crippen LogP contribution is 2.85. The molecule has 0 saturated heterocycles. The van der Waals surface area contributed by atoms with Crippen molar-refractivity contribution in [1.29, 1.82) is 0 Å². The van der Waals surface area contributed by atoms with Gasteiger partial charge in [-0.25, -0.2) is 0 Å². The molecule has 1 spiro atoms. The van der Waals surface area contributed by atoms with Crippen LogP contribution < -0.4 is 0 Å². The molecular weight excluding hydrogens is 108 g/mol. The average Bonchev–Trinajstić information content (AvgIpc) is 2.59. The van der Waals surface area contributed by atoms with Gasteiger partial charge < -0.3 is 0 Å². The van der Waals surface area contributed by atoms with Gasteiger partial charge in [0.15, 0.2) is 0 Å². The van der Waals surface area contributed by atoms with Gasteiger partial charge in [-0.2, -0.15) is 0 Å². The second kappa shape index (κ2) is 0.810. The van der Waals surface area contributed by atoms with Crippen molar-refractivity contribution >= 4 is 0 Å². The van der Waals surface area contributed by atoms with E-state index in [1.54, 1.807) is 25.7 Å². The molecular formula is C9H12. The molecule has 4 bridgehead atoms. The third-order valence-corrected chi connectivity index (χ3v) is 4.75. The van der Waals surface area contributed by atoms with Crippen molar-refractivity contribution in [2.24, 2.45) is 29.1 Å². The molecule has 5 saturated carbocycles. The van der Waals surface area contributed by atoms with Crippen LogP contribution in [0.2, 0.25) is 0 Å². The molecule has 5 aliphatic carbocycles. The SMILES string of the molecule is C1C2C3CC1C1(CC1)C23. The first kappa shape index (κ1) is 4.00. The minimum absolute atomic E-state index is 1.01. The van der Waals surface area contributed by atoms with Crippen molar-refractivity contribution in [3.63, 3.8) is 0 Å². The normalized spacial score (nSPS) is 69.3. The third kappa shape index (κ3) is 0.235. The molecule has 0 heteroatoms. The summed E-state index contributed by atoms with van der Waals surface area (Å²) in [5.74, 6) is 5.04. The first-order valence-corrected chi connectivity index (χ1v) is 4.42. The standard InChI is InChI=1S/C9H12/c1-2-9(1)5-3-6-7(4-5)8(6)9/h5-8H,1-4H2. The van der Waals surface area contributed by atoms with Crippen LogP contribution in [0.4, 0.5) is 0 Å². The quantitative estimate of drug-likeness (QED) is 0.459. The molecule has 9 heavy (non-hydrogen) atoms. The predicted molar refractivity (Wildman–Crippen MR) is 34.9 cm³/mol. The highest BCUT2D eigenvalue weighted by Gasteiger charge is 2.78. The zero-order chi connectivity index (χ0) is 5.64. The Morgan fingerprint density at radius 3 is 1.89 bits per heavy atom. The van der Waals surface area contributed by atoms with Gasteiger partial charge >= 0.3 is 0 Å². The van der Waals surface area contributed by atoms with Gasteiger partial charge in [0.2, 0.25) is 0 Å². The van der Waals surface area contributed by atoms with E-state index in [0.29, 0.717) is 0 Å². The van der Waals surface area contributed by atoms with Gasteiger partial charge in [0.1, 0.15) is 0 Å². The largest absolute Gasteiger partial charge is 0.0465 e. The Hall–Kier alpha value is 0. The van der Waals surface area contributed by atoms with E-state index in [0.717, 1.165) is 5.41 Å². The molecule has 0 aliphatic heterocycles. The molecule has 0 aromatic heterocycles. The summed E-state index contributed by atoms with van der Waals surface area (Å²) in [4.78, 5) is 0. The molecule has 0 radical (unpaired) electrons. The summed E-state index contributed by atoms with van der Waals surface area (Å²) in [6, 6.07) is 0. The van der Waals surface area contributed by atoms with Crippen LogP contribution in [0, 0.1) is 29.1 Å². The maximum absolute atomic E-state index is 1.65. The van der Waals surface area contributed by atoms with Gasteiger partial charge in [-0.05, 0) is 54.8 Å². The number of hydrogen-bond acceptors (Lipinski definition) is 0. The highest BCUT2D eigenvalue weighted by atomic mass is 14.8. The highest BCUT2D eigenvalue weighted by molar-refractivity contribution is 5.27. The van der Waals surface area contributed by atoms with Crippen molar-refractivity contribution in [1.82, 2.24) is 0 Å². The minimum Gasteiger partial charge on any atom is -0.0465 e. The van der Waals surface area contributed by atoms with Crippen LogP contribution in [0.15, 0.2) is 0 Å². The summed E-state index contributed by atoms with van der Waals surface area (Å²) in [6.07, 6.45) is 6.54. The predicted octanol–water partition coefficient (Wildman–Crippen LogP) is 2.05. The Bertz CT molecular complexity index is 174. The Morgan fingerprint density at radius 1 is 1.00 bits per heavy atom. The smallest absolute Gasteiger partial charge is 0.0235 e. The summed E-state index contributed by atoms with van der Waals surface area (Å²) in [7, 11) is 0. The first-order chi connectivity index (χ1) is 4.42. The van der Waals surface area contributed by atoms with E-state index >= 15 is 0 Å². The van der Waals surface area contributed by atoms with Gasteiger partial charge in [0.25, 0.3) is 0 Å². The monoisotopic (exact) mass is 120 g/mol. The van der Waals surface area contributed by atoms with Crippen LogP contribution in [0.1, 0.15) is 25.7 Å². The summed E-state index contributed by atoms with van der Waals surface area (Å²) in [5.41, 5.74) is 1.01. The molecule has 0 heterocycles. The molecule has 5 rings (SSSR count). The lowest BCUT2D eigenvalue weighted by atomic mass is 9.95. The fraction of sp³-hybridized carbons (Fsp3) is 1.00. The lowest BCUT2D eigenvalue weighted by Crippen LogP contribution is -2.03. The molecule has 0 amide bonds. The molecule has 2 atom stereocenters. The maximum atomic E-state index is 1.65. The Balaban J connectivity index is 1.99. The minimum atomic E-state index is 1.01. The van der Waals surface area contributed by atoms with E-state index in [-0.39, 0.29) is 0 Å². The van der Waals surface area contributed by atoms with Crippen LogP contribution >= 0.6 is 0 Å². The summed E-state index contributed by atoms with van der Waals surface area (Å²) >= 11 is 0. The molecule has 0 aromatic carbocycles. The molecule has 0 nitrogen and oxygen atoms in total. The number of hydrogen-bond donors (Lipinski definition) is 0. The fourth-order valence-corrected chi connectivity index (χ4v) is 4.32. The average molecular weight is 120 g/mol. The lowest BCUT2D eigenvalue weighted by Gasteiger charge is -2.09. The Labute approximate surface area is 55.6 Å².